The van der Waals surface area contributed by atoms with Crippen molar-refractivity contribution in [2.75, 3.05) is 0 Å². The van der Waals surface area contributed by atoms with Crippen LogP contribution in [-0.2, 0) is 36.8 Å². The summed E-state index contributed by atoms with van der Waals surface area (Å²) in [5.41, 5.74) is 3.17. The zero-order valence-electron chi connectivity index (χ0n) is 22.6. The number of benzene rings is 2. The number of pyridine rings is 1. The first-order valence-corrected chi connectivity index (χ1v) is 13.2. The van der Waals surface area contributed by atoms with E-state index in [0.29, 0.717) is 16.3 Å². The first kappa shape index (κ1) is 30.8. The second-order valence-corrected chi connectivity index (χ2v) is 10.6. The van der Waals surface area contributed by atoms with E-state index >= 15 is 0 Å². The highest BCUT2D eigenvalue weighted by molar-refractivity contribution is 5.94. The average molecular weight is 623 g/mol. The SMILES string of the molecule is NC(=O)c1cc(-c2cccnc2[C@@H](CC(=O)Cn2nc(C(F)(F)F)c3c2CC(F)(F)C3)Cc2cc(F)cc(F)c2)ccc1F. The Morgan fingerprint density at radius 2 is 1.70 bits per heavy atom. The van der Waals surface area contributed by atoms with Gasteiger partial charge in [-0.05, 0) is 47.9 Å². The van der Waals surface area contributed by atoms with Crippen LogP contribution in [0.5, 0.6) is 0 Å². The number of hydrogen-bond donors (Lipinski definition) is 1. The van der Waals surface area contributed by atoms with Gasteiger partial charge in [0.05, 0.1) is 24.2 Å². The smallest absolute Gasteiger partial charge is 0.366 e. The predicted octanol–water partition coefficient (Wildman–Crippen LogP) is 6.20. The summed E-state index contributed by atoms with van der Waals surface area (Å²) in [4.78, 5) is 29.5. The highest BCUT2D eigenvalue weighted by atomic mass is 19.4. The van der Waals surface area contributed by atoms with Crippen LogP contribution in [0.25, 0.3) is 11.1 Å². The minimum Gasteiger partial charge on any atom is -0.366 e. The molecule has 5 rings (SSSR count). The van der Waals surface area contributed by atoms with E-state index in [2.05, 4.69) is 10.1 Å². The number of nitrogens with zero attached hydrogens (tertiary/aromatic N) is 3. The number of fused-ring (bicyclic) bond motifs is 1. The van der Waals surface area contributed by atoms with Crippen LogP contribution in [0.15, 0.2) is 54.7 Å². The number of alkyl halides is 5. The minimum atomic E-state index is -5.02. The Morgan fingerprint density at radius 3 is 2.36 bits per heavy atom. The molecule has 2 heterocycles. The number of ketones is 1. The predicted molar refractivity (Wildman–Crippen MR) is 140 cm³/mol. The number of carbonyl (C=O) groups is 2. The van der Waals surface area contributed by atoms with Gasteiger partial charge in [0.25, 0.3) is 11.8 Å². The Balaban J connectivity index is 1.53. The molecule has 0 fully saturated rings. The summed E-state index contributed by atoms with van der Waals surface area (Å²) in [5.74, 6) is -8.86. The van der Waals surface area contributed by atoms with E-state index in [1.165, 1.54) is 24.4 Å². The van der Waals surface area contributed by atoms with Crippen molar-refractivity contribution < 1.29 is 44.7 Å². The van der Waals surface area contributed by atoms with Crippen molar-refractivity contribution in [1.82, 2.24) is 14.8 Å². The molecule has 0 aliphatic heterocycles. The van der Waals surface area contributed by atoms with E-state index in [-0.39, 0.29) is 23.2 Å². The number of hydrogen-bond acceptors (Lipinski definition) is 4. The third-order valence-corrected chi connectivity index (χ3v) is 7.27. The fourth-order valence-corrected chi connectivity index (χ4v) is 5.50. The lowest BCUT2D eigenvalue weighted by atomic mass is 9.86. The molecule has 1 aliphatic rings. The maximum absolute atomic E-state index is 14.2. The maximum atomic E-state index is 14.2. The molecule has 2 aromatic heterocycles. The van der Waals surface area contributed by atoms with Crippen molar-refractivity contribution >= 4 is 11.7 Å². The van der Waals surface area contributed by atoms with Crippen molar-refractivity contribution in [3.63, 3.8) is 0 Å². The molecule has 1 amide bonds. The van der Waals surface area contributed by atoms with Crippen molar-refractivity contribution in [3.05, 3.63) is 106 Å². The van der Waals surface area contributed by atoms with Gasteiger partial charge < -0.3 is 5.73 Å². The van der Waals surface area contributed by atoms with Crippen LogP contribution in [0.2, 0.25) is 0 Å². The van der Waals surface area contributed by atoms with Gasteiger partial charge in [-0.25, -0.2) is 22.0 Å². The fraction of sp³-hybridized carbons (Fsp3) is 0.267. The highest BCUT2D eigenvalue weighted by Gasteiger charge is 2.48. The van der Waals surface area contributed by atoms with Gasteiger partial charge in [0.1, 0.15) is 17.5 Å². The number of halogens is 8. The molecule has 230 valence electrons. The summed E-state index contributed by atoms with van der Waals surface area (Å²) in [6.45, 7) is -0.785. The second kappa shape index (κ2) is 11.5. The summed E-state index contributed by atoms with van der Waals surface area (Å²) in [6.07, 6.45) is -6.50. The van der Waals surface area contributed by atoms with Gasteiger partial charge in [0.2, 0.25) is 0 Å². The number of carbonyl (C=O) groups excluding carboxylic acids is 2. The quantitative estimate of drug-likeness (QED) is 0.225. The van der Waals surface area contributed by atoms with Crippen LogP contribution in [0, 0.1) is 17.5 Å². The minimum absolute atomic E-state index is 0.118. The number of primary amides is 1. The molecule has 6 nitrogen and oxygen atoms in total. The molecule has 0 saturated heterocycles. The molecular formula is C30H22F8N4O2. The Bertz CT molecular complexity index is 1750. The number of rotatable bonds is 9. The molecule has 2 aromatic carbocycles. The lowest BCUT2D eigenvalue weighted by Crippen LogP contribution is -2.22. The molecule has 1 aliphatic carbocycles. The van der Waals surface area contributed by atoms with Crippen LogP contribution in [0.4, 0.5) is 35.1 Å². The average Bonchev–Trinajstić information content (AvgIpc) is 3.40. The van der Waals surface area contributed by atoms with Crippen molar-refractivity contribution in [1.29, 1.82) is 0 Å². The molecule has 44 heavy (non-hydrogen) atoms. The van der Waals surface area contributed by atoms with Gasteiger partial charge in [-0.3, -0.25) is 19.3 Å². The largest absolute Gasteiger partial charge is 0.435 e. The van der Waals surface area contributed by atoms with E-state index in [9.17, 15) is 44.7 Å². The van der Waals surface area contributed by atoms with Gasteiger partial charge in [-0.1, -0.05) is 12.1 Å². The first-order valence-electron chi connectivity index (χ1n) is 13.2. The number of aromatic nitrogens is 3. The summed E-state index contributed by atoms with van der Waals surface area (Å²) in [5, 5.41) is 3.44. The van der Waals surface area contributed by atoms with Crippen molar-refractivity contribution in [3.8, 4) is 11.1 Å². The third kappa shape index (κ3) is 6.48. The first-order chi connectivity index (χ1) is 20.6. The Morgan fingerprint density at radius 1 is 1.00 bits per heavy atom. The van der Waals surface area contributed by atoms with Crippen molar-refractivity contribution in [2.45, 2.75) is 50.2 Å². The van der Waals surface area contributed by atoms with E-state index in [4.69, 9.17) is 5.73 Å². The van der Waals surface area contributed by atoms with Gasteiger partial charge in [-0.15, -0.1) is 0 Å². The molecule has 0 saturated carbocycles. The number of amides is 1. The van der Waals surface area contributed by atoms with E-state index in [0.717, 1.165) is 18.2 Å². The molecule has 0 spiro atoms. The van der Waals surface area contributed by atoms with Crippen LogP contribution in [0.1, 0.15) is 50.9 Å². The van der Waals surface area contributed by atoms with Gasteiger partial charge >= 0.3 is 6.18 Å². The molecule has 0 bridgehead atoms. The van der Waals surface area contributed by atoms with E-state index in [1.807, 2.05) is 0 Å². The lowest BCUT2D eigenvalue weighted by Gasteiger charge is -2.20. The number of nitrogens with two attached hydrogens (primary N) is 1. The zero-order chi connectivity index (χ0) is 32.0. The monoisotopic (exact) mass is 622 g/mol. The molecule has 0 unspecified atom stereocenters. The molecule has 14 heteroatoms. The van der Waals surface area contributed by atoms with Crippen LogP contribution in [0.3, 0.4) is 0 Å². The van der Waals surface area contributed by atoms with E-state index in [1.54, 1.807) is 6.07 Å². The van der Waals surface area contributed by atoms with Gasteiger partial charge in [0, 0.05) is 47.8 Å². The van der Waals surface area contributed by atoms with Crippen LogP contribution in [-0.4, -0.2) is 32.4 Å². The molecule has 1 atom stereocenters. The molecule has 0 radical (unpaired) electrons. The number of Topliss-reactive ketones (excluding diaryl/α,β-unsaturated/α-hetero) is 1. The Labute approximate surface area is 244 Å². The normalized spacial score (nSPS) is 14.8. The van der Waals surface area contributed by atoms with Gasteiger partial charge in [-0.2, -0.15) is 18.3 Å². The lowest BCUT2D eigenvalue weighted by molar-refractivity contribution is -0.142. The third-order valence-electron chi connectivity index (χ3n) is 7.27. The summed E-state index contributed by atoms with van der Waals surface area (Å²) < 4.78 is 112. The maximum Gasteiger partial charge on any atom is 0.435 e. The highest BCUT2D eigenvalue weighted by Crippen LogP contribution is 2.42. The molecule has 4 aromatic rings. The topological polar surface area (TPSA) is 90.9 Å². The zero-order valence-corrected chi connectivity index (χ0v) is 22.6. The Hall–Kier alpha value is -4.62. The Kier molecular flexibility index (Phi) is 8.03. The summed E-state index contributed by atoms with van der Waals surface area (Å²) in [7, 11) is 0. The van der Waals surface area contributed by atoms with Crippen LogP contribution < -0.4 is 5.73 Å². The molecule has 2 N–H and O–H groups in total. The van der Waals surface area contributed by atoms with Crippen molar-refractivity contribution in [2.24, 2.45) is 5.73 Å². The summed E-state index contributed by atoms with van der Waals surface area (Å²) >= 11 is 0. The van der Waals surface area contributed by atoms with E-state index < -0.39 is 95.5 Å². The standard InChI is InChI=1S/C30H22F8N4O2/c31-18-7-15(8-19(32)11-18)6-17(26-21(2-1-5-40-26)16-3-4-24(33)22(10-16)28(39)44)9-20(43)14-42-25-13-29(34,35)12-23(25)27(41-42)30(36,37)38/h1-5,7-8,10-11,17H,6,9,12-14H2,(H2,39,44)/t17-/m1/s1. The molecular weight excluding hydrogens is 600 g/mol. The van der Waals surface area contributed by atoms with Gasteiger partial charge in [0.15, 0.2) is 11.5 Å². The summed E-state index contributed by atoms with van der Waals surface area (Å²) in [6, 6.07) is 9.27. The van der Waals surface area contributed by atoms with Crippen LogP contribution >= 0.6 is 0 Å². The fourth-order valence-electron chi connectivity index (χ4n) is 5.50. The second-order valence-electron chi connectivity index (χ2n) is 10.6.